The van der Waals surface area contributed by atoms with Crippen LogP contribution in [-0.2, 0) is 18.3 Å². The number of nitrogen functional groups attached to an aromatic ring is 1. The van der Waals surface area contributed by atoms with Crippen LogP contribution in [0.25, 0.3) is 0 Å². The van der Waals surface area contributed by atoms with Gasteiger partial charge in [-0.25, -0.2) is 4.79 Å². The van der Waals surface area contributed by atoms with Crippen LogP contribution in [0.5, 0.6) is 5.75 Å². The first-order valence-corrected chi connectivity index (χ1v) is 10.5. The second-order valence-electron chi connectivity index (χ2n) is 8.65. The van der Waals surface area contributed by atoms with Gasteiger partial charge in [-0.1, -0.05) is 43.4 Å². The minimum Gasteiger partial charge on any atom is -0.507 e. The van der Waals surface area contributed by atoms with E-state index in [2.05, 4.69) is 31.2 Å². The van der Waals surface area contributed by atoms with Crippen LogP contribution in [0.2, 0.25) is 0 Å². The summed E-state index contributed by atoms with van der Waals surface area (Å²) in [5, 5.41) is 10.6. The maximum Gasteiger partial charge on any atom is 0.342 e. The molecular formula is C25H29NO3. The lowest BCUT2D eigenvalue weighted by Crippen LogP contribution is -2.20. The van der Waals surface area contributed by atoms with Crippen molar-refractivity contribution in [1.82, 2.24) is 0 Å². The second kappa shape index (κ2) is 7.58. The number of aryl methyl sites for hydroxylation is 1. The highest BCUT2D eigenvalue weighted by Crippen LogP contribution is 2.51. The number of allylic oxidation sites excluding steroid dienone is 4. The molecule has 1 fully saturated rings. The maximum atomic E-state index is 12.7. The molecule has 4 rings (SSSR count). The van der Waals surface area contributed by atoms with Gasteiger partial charge in [-0.3, -0.25) is 0 Å². The van der Waals surface area contributed by atoms with E-state index in [1.165, 1.54) is 0 Å². The average Bonchev–Trinajstić information content (AvgIpc) is 3.51. The molecule has 0 aliphatic heterocycles. The Labute approximate surface area is 171 Å². The maximum absolute atomic E-state index is 12.7. The Balaban J connectivity index is 1.51. The minimum absolute atomic E-state index is 0.0519. The summed E-state index contributed by atoms with van der Waals surface area (Å²) in [7, 11) is 0. The van der Waals surface area contributed by atoms with Crippen molar-refractivity contribution in [2.45, 2.75) is 57.3 Å². The van der Waals surface area contributed by atoms with Crippen LogP contribution in [0.3, 0.4) is 0 Å². The van der Waals surface area contributed by atoms with Gasteiger partial charge in [0, 0.05) is 18.2 Å². The first-order chi connectivity index (χ1) is 14.0. The quantitative estimate of drug-likeness (QED) is 0.648. The van der Waals surface area contributed by atoms with Gasteiger partial charge in [-0.15, -0.1) is 0 Å². The van der Waals surface area contributed by atoms with Crippen molar-refractivity contribution in [3.63, 3.8) is 0 Å². The molecule has 0 amide bonds. The normalized spacial score (nSPS) is 22.0. The molecule has 2 aromatic rings. The van der Waals surface area contributed by atoms with E-state index >= 15 is 0 Å². The number of rotatable bonds is 7. The minimum atomic E-state index is -0.417. The molecule has 3 N–H and O–H groups in total. The van der Waals surface area contributed by atoms with Crippen LogP contribution in [-0.4, -0.2) is 5.11 Å². The highest BCUT2D eigenvalue weighted by atomic mass is 16.4. The molecule has 1 aromatic carbocycles. The smallest absolute Gasteiger partial charge is 0.342 e. The Morgan fingerprint density at radius 3 is 2.66 bits per heavy atom. The Hall–Kier alpha value is -2.75. The van der Waals surface area contributed by atoms with Crippen LogP contribution < -0.4 is 11.4 Å². The van der Waals surface area contributed by atoms with E-state index < -0.39 is 5.63 Å². The zero-order valence-electron chi connectivity index (χ0n) is 17.0. The van der Waals surface area contributed by atoms with E-state index in [0.717, 1.165) is 43.4 Å². The molecule has 0 radical (unpaired) electrons. The number of aromatic hydroxyl groups is 1. The summed E-state index contributed by atoms with van der Waals surface area (Å²) in [6.07, 6.45) is 14.6. The largest absolute Gasteiger partial charge is 0.507 e. The molecule has 1 aromatic heterocycles. The third-order valence-corrected chi connectivity index (χ3v) is 6.74. The van der Waals surface area contributed by atoms with E-state index in [-0.39, 0.29) is 16.6 Å². The molecule has 1 unspecified atom stereocenters. The van der Waals surface area contributed by atoms with Gasteiger partial charge >= 0.3 is 5.63 Å². The van der Waals surface area contributed by atoms with E-state index in [1.54, 1.807) is 6.07 Å². The molecule has 4 heteroatoms. The third-order valence-electron chi connectivity index (χ3n) is 6.74. The van der Waals surface area contributed by atoms with Gasteiger partial charge in [-0.2, -0.15) is 0 Å². The van der Waals surface area contributed by atoms with Crippen molar-refractivity contribution in [2.75, 3.05) is 5.73 Å². The third kappa shape index (κ3) is 4.02. The van der Waals surface area contributed by atoms with Crippen molar-refractivity contribution in [2.24, 2.45) is 5.41 Å². The van der Waals surface area contributed by atoms with E-state index in [4.69, 9.17) is 10.2 Å². The lowest BCUT2D eigenvalue weighted by atomic mass is 9.75. The predicted octanol–water partition coefficient (Wildman–Crippen LogP) is 5.05. The molecule has 152 valence electrons. The van der Waals surface area contributed by atoms with Gasteiger partial charge in [0.15, 0.2) is 0 Å². The molecule has 1 atom stereocenters. The van der Waals surface area contributed by atoms with Crippen LogP contribution >= 0.6 is 0 Å². The second-order valence-corrected chi connectivity index (χ2v) is 8.65. The van der Waals surface area contributed by atoms with Gasteiger partial charge < -0.3 is 15.3 Å². The summed E-state index contributed by atoms with van der Waals surface area (Å²) < 4.78 is 5.62. The predicted molar refractivity (Wildman–Crippen MR) is 116 cm³/mol. The summed E-state index contributed by atoms with van der Waals surface area (Å²) in [6, 6.07) is 9.45. The molecule has 2 aliphatic carbocycles. The first kappa shape index (κ1) is 19.6. The number of nitrogens with two attached hydrogens (primary N) is 1. The molecule has 4 nitrogen and oxygen atoms in total. The van der Waals surface area contributed by atoms with Crippen molar-refractivity contribution in [3.05, 3.63) is 81.9 Å². The van der Waals surface area contributed by atoms with Crippen LogP contribution in [0.15, 0.2) is 63.8 Å². The Kier molecular flexibility index (Phi) is 5.12. The number of anilines is 1. The fourth-order valence-electron chi connectivity index (χ4n) is 4.47. The van der Waals surface area contributed by atoms with Gasteiger partial charge in [0.05, 0.1) is 5.56 Å². The highest BCUT2D eigenvalue weighted by molar-refractivity contribution is 5.47. The SMILES string of the molecule is CCC1(CCc2cc(O)c(CC3(c4cccc(N)c4)CC3)c(=O)o2)C=CC=CC1. The zero-order valence-corrected chi connectivity index (χ0v) is 17.0. The number of benzene rings is 1. The standard InChI is InChI=1S/C25H29NO3/c1-2-24(10-4-3-5-11-24)12-9-20-16-22(27)21(23(28)29-20)17-25(13-14-25)18-7-6-8-19(26)15-18/h3-8,10,15-16,27H,2,9,11-14,17,26H2,1H3. The monoisotopic (exact) mass is 391 g/mol. The van der Waals surface area contributed by atoms with Gasteiger partial charge in [0.2, 0.25) is 0 Å². The van der Waals surface area contributed by atoms with Gasteiger partial charge in [0.25, 0.3) is 0 Å². The summed E-state index contributed by atoms with van der Waals surface area (Å²) in [6.45, 7) is 2.19. The Morgan fingerprint density at radius 1 is 1.21 bits per heavy atom. The fraction of sp³-hybridized carbons (Fsp3) is 0.400. The molecule has 0 bridgehead atoms. The van der Waals surface area contributed by atoms with Crippen molar-refractivity contribution >= 4 is 5.69 Å². The lowest BCUT2D eigenvalue weighted by Gasteiger charge is -2.29. The topological polar surface area (TPSA) is 76.5 Å². The van der Waals surface area contributed by atoms with Crippen LogP contribution in [0.1, 0.15) is 55.9 Å². The Morgan fingerprint density at radius 2 is 2.03 bits per heavy atom. The first-order valence-electron chi connectivity index (χ1n) is 10.5. The van der Waals surface area contributed by atoms with Crippen molar-refractivity contribution in [1.29, 1.82) is 0 Å². The molecule has 29 heavy (non-hydrogen) atoms. The lowest BCUT2D eigenvalue weighted by molar-refractivity contribution is 0.318. The summed E-state index contributed by atoms with van der Waals surface area (Å²) >= 11 is 0. The van der Waals surface area contributed by atoms with Gasteiger partial charge in [0.1, 0.15) is 11.5 Å². The molecule has 0 spiro atoms. The van der Waals surface area contributed by atoms with E-state index in [9.17, 15) is 9.90 Å². The van der Waals surface area contributed by atoms with E-state index in [0.29, 0.717) is 24.2 Å². The summed E-state index contributed by atoms with van der Waals surface area (Å²) in [4.78, 5) is 12.7. The summed E-state index contributed by atoms with van der Waals surface area (Å²) in [5.74, 6) is 0.608. The average molecular weight is 392 g/mol. The molecule has 0 saturated heterocycles. The Bertz CT molecular complexity index is 1010. The summed E-state index contributed by atoms with van der Waals surface area (Å²) in [5.41, 5.74) is 7.73. The van der Waals surface area contributed by atoms with E-state index in [1.807, 2.05) is 24.3 Å². The van der Waals surface area contributed by atoms with Gasteiger partial charge in [-0.05, 0) is 67.1 Å². The zero-order chi connectivity index (χ0) is 20.5. The molecule has 1 heterocycles. The molecular weight excluding hydrogens is 362 g/mol. The van der Waals surface area contributed by atoms with Crippen LogP contribution in [0, 0.1) is 5.41 Å². The fourth-order valence-corrected chi connectivity index (χ4v) is 4.47. The number of hydrogen-bond acceptors (Lipinski definition) is 4. The highest BCUT2D eigenvalue weighted by Gasteiger charge is 2.45. The number of hydrogen-bond donors (Lipinski definition) is 2. The van der Waals surface area contributed by atoms with Crippen LogP contribution in [0.4, 0.5) is 5.69 Å². The molecule has 1 saturated carbocycles. The van der Waals surface area contributed by atoms with Crippen molar-refractivity contribution < 1.29 is 9.52 Å². The van der Waals surface area contributed by atoms with Crippen molar-refractivity contribution in [3.8, 4) is 5.75 Å². The molecule has 2 aliphatic rings.